The lowest BCUT2D eigenvalue weighted by molar-refractivity contribution is 0.195. The number of pyridine rings is 1. The molecule has 0 bridgehead atoms. The van der Waals surface area contributed by atoms with Gasteiger partial charge in [-0.1, -0.05) is 36.4 Å². The highest BCUT2D eigenvalue weighted by Gasteiger charge is 2.07. The summed E-state index contributed by atoms with van der Waals surface area (Å²) in [6.07, 6.45) is 1.27. The zero-order chi connectivity index (χ0) is 13.0. The molecule has 0 aliphatic carbocycles. The van der Waals surface area contributed by atoms with Crippen molar-refractivity contribution in [2.75, 3.05) is 0 Å². The summed E-state index contributed by atoms with van der Waals surface area (Å²) in [6.45, 7) is 0. The SMILES string of the molecule is O=C(O)n1cccc(CCc2ccccc2)c1=O. The molecular weight excluding hydrogens is 230 g/mol. The molecule has 0 aliphatic rings. The fourth-order valence-electron chi connectivity index (χ4n) is 1.80. The summed E-state index contributed by atoms with van der Waals surface area (Å²) in [6, 6.07) is 13.0. The summed E-state index contributed by atoms with van der Waals surface area (Å²) in [7, 11) is 0. The van der Waals surface area contributed by atoms with E-state index in [0.717, 1.165) is 12.0 Å². The predicted molar refractivity (Wildman–Crippen MR) is 68.0 cm³/mol. The smallest absolute Gasteiger partial charge is 0.418 e. The fourth-order valence-corrected chi connectivity index (χ4v) is 1.80. The second-order valence-corrected chi connectivity index (χ2v) is 3.98. The van der Waals surface area contributed by atoms with Crippen LogP contribution < -0.4 is 5.56 Å². The average molecular weight is 243 g/mol. The number of carboxylic acid groups (broad SMARTS) is 1. The molecule has 0 spiro atoms. The first-order chi connectivity index (χ1) is 8.68. The van der Waals surface area contributed by atoms with Crippen molar-refractivity contribution in [2.24, 2.45) is 0 Å². The number of aromatic nitrogens is 1. The molecule has 0 amide bonds. The van der Waals surface area contributed by atoms with E-state index in [9.17, 15) is 9.59 Å². The molecule has 2 rings (SSSR count). The Labute approximate surface area is 104 Å². The Morgan fingerprint density at radius 2 is 1.78 bits per heavy atom. The number of hydrogen-bond donors (Lipinski definition) is 1. The van der Waals surface area contributed by atoms with Gasteiger partial charge in [0.05, 0.1) is 0 Å². The van der Waals surface area contributed by atoms with Crippen molar-refractivity contribution in [1.29, 1.82) is 0 Å². The van der Waals surface area contributed by atoms with Gasteiger partial charge in [0.2, 0.25) is 0 Å². The van der Waals surface area contributed by atoms with Crippen molar-refractivity contribution in [3.05, 3.63) is 70.1 Å². The zero-order valence-electron chi connectivity index (χ0n) is 9.74. The summed E-state index contributed by atoms with van der Waals surface area (Å²) in [5.41, 5.74) is 1.19. The molecule has 1 aromatic heterocycles. The second kappa shape index (κ2) is 5.31. The molecule has 2 aromatic rings. The highest BCUT2D eigenvalue weighted by atomic mass is 16.4. The molecular formula is C14H13NO3. The van der Waals surface area contributed by atoms with Crippen molar-refractivity contribution < 1.29 is 9.90 Å². The molecule has 1 aromatic carbocycles. The van der Waals surface area contributed by atoms with E-state index in [0.29, 0.717) is 16.6 Å². The lowest BCUT2D eigenvalue weighted by Gasteiger charge is -2.03. The van der Waals surface area contributed by atoms with Crippen molar-refractivity contribution in [1.82, 2.24) is 4.57 Å². The minimum Gasteiger partial charge on any atom is -0.464 e. The van der Waals surface area contributed by atoms with E-state index in [1.807, 2.05) is 30.3 Å². The Balaban J connectivity index is 2.18. The van der Waals surface area contributed by atoms with Gasteiger partial charge in [-0.3, -0.25) is 4.79 Å². The molecule has 1 N–H and O–H groups in total. The normalized spacial score (nSPS) is 10.2. The fraction of sp³-hybridized carbons (Fsp3) is 0.143. The van der Waals surface area contributed by atoms with E-state index in [1.54, 1.807) is 12.1 Å². The first-order valence-electron chi connectivity index (χ1n) is 5.66. The van der Waals surface area contributed by atoms with Crippen LogP contribution in [0.5, 0.6) is 0 Å². The Morgan fingerprint density at radius 1 is 1.06 bits per heavy atom. The topological polar surface area (TPSA) is 59.3 Å². The maximum absolute atomic E-state index is 11.8. The van der Waals surface area contributed by atoms with Crippen LogP contribution in [0.1, 0.15) is 11.1 Å². The largest absolute Gasteiger partial charge is 0.464 e. The van der Waals surface area contributed by atoms with E-state index >= 15 is 0 Å². The van der Waals surface area contributed by atoms with Gasteiger partial charge in [0.15, 0.2) is 0 Å². The van der Waals surface area contributed by atoms with Gasteiger partial charge >= 0.3 is 6.09 Å². The maximum atomic E-state index is 11.8. The van der Waals surface area contributed by atoms with Gasteiger partial charge in [0.1, 0.15) is 0 Å². The molecule has 0 fully saturated rings. The molecule has 0 aliphatic heterocycles. The first-order valence-corrected chi connectivity index (χ1v) is 5.66. The molecule has 0 unspecified atom stereocenters. The van der Waals surface area contributed by atoms with Crippen LogP contribution in [-0.4, -0.2) is 15.8 Å². The maximum Gasteiger partial charge on any atom is 0.418 e. The van der Waals surface area contributed by atoms with E-state index < -0.39 is 11.7 Å². The number of carbonyl (C=O) groups is 1. The summed E-state index contributed by atoms with van der Waals surface area (Å²) in [4.78, 5) is 22.6. The van der Waals surface area contributed by atoms with Crippen molar-refractivity contribution in [3.8, 4) is 0 Å². The average Bonchev–Trinajstić information content (AvgIpc) is 2.38. The summed E-state index contributed by atoms with van der Waals surface area (Å²) in [5, 5.41) is 8.84. The quantitative estimate of drug-likeness (QED) is 0.898. The van der Waals surface area contributed by atoms with Crippen LogP contribution in [0.4, 0.5) is 4.79 Å². The summed E-state index contributed by atoms with van der Waals surface area (Å²) >= 11 is 0. The van der Waals surface area contributed by atoms with Crippen LogP contribution in [0.25, 0.3) is 0 Å². The third-order valence-electron chi connectivity index (χ3n) is 2.76. The highest BCUT2D eigenvalue weighted by molar-refractivity contribution is 5.67. The third kappa shape index (κ3) is 2.66. The van der Waals surface area contributed by atoms with Crippen LogP contribution in [-0.2, 0) is 12.8 Å². The third-order valence-corrected chi connectivity index (χ3v) is 2.76. The van der Waals surface area contributed by atoms with Crippen LogP contribution >= 0.6 is 0 Å². The predicted octanol–water partition coefficient (Wildman–Crippen LogP) is 2.16. The Hall–Kier alpha value is -2.36. The molecule has 18 heavy (non-hydrogen) atoms. The van der Waals surface area contributed by atoms with Crippen LogP contribution in [0.2, 0.25) is 0 Å². The zero-order valence-corrected chi connectivity index (χ0v) is 9.74. The first kappa shape index (κ1) is 12.1. The minimum absolute atomic E-state index is 0.457. The van der Waals surface area contributed by atoms with Gasteiger partial charge in [-0.25, -0.2) is 9.36 Å². The number of nitrogens with zero attached hydrogens (tertiary/aromatic N) is 1. The molecule has 0 saturated carbocycles. The van der Waals surface area contributed by atoms with Crippen molar-refractivity contribution in [3.63, 3.8) is 0 Å². The molecule has 0 atom stereocenters. The minimum atomic E-state index is -1.25. The molecule has 4 nitrogen and oxygen atoms in total. The van der Waals surface area contributed by atoms with Crippen LogP contribution in [0.15, 0.2) is 53.5 Å². The molecule has 0 radical (unpaired) electrons. The van der Waals surface area contributed by atoms with E-state index in [4.69, 9.17) is 5.11 Å². The van der Waals surface area contributed by atoms with Gasteiger partial charge in [-0.05, 0) is 24.5 Å². The summed E-state index contributed by atoms with van der Waals surface area (Å²) in [5.74, 6) is 0. The second-order valence-electron chi connectivity index (χ2n) is 3.98. The molecule has 4 heteroatoms. The molecule has 92 valence electrons. The van der Waals surface area contributed by atoms with E-state index in [1.165, 1.54) is 6.20 Å². The highest BCUT2D eigenvalue weighted by Crippen LogP contribution is 2.04. The van der Waals surface area contributed by atoms with Crippen LogP contribution in [0.3, 0.4) is 0 Å². The van der Waals surface area contributed by atoms with Gasteiger partial charge in [-0.2, -0.15) is 0 Å². The van der Waals surface area contributed by atoms with Crippen molar-refractivity contribution in [2.45, 2.75) is 12.8 Å². The van der Waals surface area contributed by atoms with Gasteiger partial charge in [0.25, 0.3) is 5.56 Å². The molecule has 0 saturated heterocycles. The number of hydrogen-bond acceptors (Lipinski definition) is 2. The standard InChI is InChI=1S/C14H13NO3/c16-13-12(7-4-10-15(13)14(17)18)9-8-11-5-2-1-3-6-11/h1-7,10H,8-9H2,(H,17,18). The lowest BCUT2D eigenvalue weighted by Crippen LogP contribution is -2.27. The lowest BCUT2D eigenvalue weighted by atomic mass is 10.1. The van der Waals surface area contributed by atoms with Gasteiger partial charge in [-0.15, -0.1) is 0 Å². The number of aryl methyl sites for hydroxylation is 2. The van der Waals surface area contributed by atoms with Gasteiger partial charge < -0.3 is 5.11 Å². The van der Waals surface area contributed by atoms with Crippen LogP contribution in [0, 0.1) is 0 Å². The van der Waals surface area contributed by atoms with Gasteiger partial charge in [0, 0.05) is 11.8 Å². The Kier molecular flexibility index (Phi) is 3.57. The van der Waals surface area contributed by atoms with E-state index in [2.05, 4.69) is 0 Å². The Morgan fingerprint density at radius 3 is 2.44 bits per heavy atom. The summed E-state index contributed by atoms with van der Waals surface area (Å²) < 4.78 is 0.709. The Bertz CT molecular complexity index is 602. The van der Waals surface area contributed by atoms with E-state index in [-0.39, 0.29) is 0 Å². The number of benzene rings is 1. The molecule has 1 heterocycles. The number of rotatable bonds is 3. The van der Waals surface area contributed by atoms with Crippen molar-refractivity contribution >= 4 is 6.09 Å². The monoisotopic (exact) mass is 243 g/mol.